The van der Waals surface area contributed by atoms with Gasteiger partial charge in [-0.05, 0) is 135 Å². The van der Waals surface area contributed by atoms with Crippen LogP contribution in [0.3, 0.4) is 0 Å². The Morgan fingerprint density at radius 1 is 0.316 bits per heavy atom. The maximum atomic E-state index is 12.9. The van der Waals surface area contributed by atoms with E-state index in [2.05, 4.69) is 196 Å². The quantitative estimate of drug-likeness (QED) is 0.0211. The summed E-state index contributed by atoms with van der Waals surface area (Å²) < 4.78 is 34.8. The number of rotatable bonds is 71. The number of esters is 2. The van der Waals surface area contributed by atoms with Crippen molar-refractivity contribution < 1.29 is 42.1 Å². The van der Waals surface area contributed by atoms with Crippen LogP contribution < -0.4 is 0 Å². The summed E-state index contributed by atoms with van der Waals surface area (Å²) >= 11 is 0. The molecule has 556 valence electrons. The standard InChI is InChI=1S/C88H146NO8P/c1-6-8-10-12-14-16-18-20-22-24-26-28-30-32-34-36-38-40-42-43-44-45-47-48-50-52-54-56-58-60-62-64-66-68-70-72-74-76-78-80-87(90)94-84-86(85-96-98(92,93)95-83-82-89(3,4)5)97-88(91)81-79-77-75-73-71-69-67-65-63-61-59-57-55-53-51-49-46-41-39-37-35-33-31-29-27-25-23-21-19-17-15-13-11-9-7-2/h8-11,14-17,20-23,26-29,32-35,38-41,43-44,49,51,55,57,86H,6-7,12-13,18-19,24-25,30-31,36-37,42,45-48,50,52-54,56,58-85H2,1-5H3/p+1/b10-8-,11-9-,16-14-,17-15-,22-20-,23-21-,28-26-,29-27-,34-32-,35-33-,40-38-,41-39-,44-43-,51-49-,57-55-. The Balaban J connectivity index is 4.04. The predicted octanol–water partition coefficient (Wildman–Crippen LogP) is 26.6. The number of hydrogen-bond donors (Lipinski definition) is 1. The Morgan fingerprint density at radius 2 is 0.551 bits per heavy atom. The van der Waals surface area contributed by atoms with Crippen LogP contribution in [0.4, 0.5) is 0 Å². The van der Waals surface area contributed by atoms with E-state index in [0.717, 1.165) is 141 Å². The number of hydrogen-bond acceptors (Lipinski definition) is 7. The lowest BCUT2D eigenvalue weighted by atomic mass is 10.0. The van der Waals surface area contributed by atoms with Crippen LogP contribution in [0.25, 0.3) is 0 Å². The number of allylic oxidation sites excluding steroid dienone is 30. The molecule has 0 saturated heterocycles. The van der Waals surface area contributed by atoms with Crippen molar-refractivity contribution in [2.75, 3.05) is 47.5 Å². The highest BCUT2D eigenvalue weighted by Crippen LogP contribution is 2.43. The van der Waals surface area contributed by atoms with Gasteiger partial charge in [-0.3, -0.25) is 18.6 Å². The maximum absolute atomic E-state index is 12.9. The highest BCUT2D eigenvalue weighted by Gasteiger charge is 2.27. The Morgan fingerprint density at radius 3 is 0.816 bits per heavy atom. The molecule has 0 heterocycles. The summed E-state index contributed by atoms with van der Waals surface area (Å²) in [4.78, 5) is 36.0. The number of phosphoric ester groups is 1. The Bertz CT molecular complexity index is 2320. The lowest BCUT2D eigenvalue weighted by Gasteiger charge is -2.24. The van der Waals surface area contributed by atoms with E-state index < -0.39 is 26.5 Å². The summed E-state index contributed by atoms with van der Waals surface area (Å²) in [5.74, 6) is -0.804. The molecule has 0 aliphatic heterocycles. The van der Waals surface area contributed by atoms with Gasteiger partial charge in [0.15, 0.2) is 6.10 Å². The number of phosphoric acid groups is 1. The van der Waals surface area contributed by atoms with Gasteiger partial charge in [0.05, 0.1) is 27.7 Å². The first-order chi connectivity index (χ1) is 48.0. The first kappa shape index (κ1) is 93.1. The first-order valence-electron chi connectivity index (χ1n) is 39.5. The molecule has 9 nitrogen and oxygen atoms in total. The molecule has 0 aromatic heterocycles. The highest BCUT2D eigenvalue weighted by molar-refractivity contribution is 7.47. The molecule has 10 heteroatoms. The monoisotopic (exact) mass is 1380 g/mol. The molecule has 0 aromatic rings. The minimum atomic E-state index is -4.41. The maximum Gasteiger partial charge on any atom is 0.472 e. The zero-order valence-electron chi connectivity index (χ0n) is 63.5. The third kappa shape index (κ3) is 80.1. The largest absolute Gasteiger partial charge is 0.472 e. The van der Waals surface area contributed by atoms with Gasteiger partial charge in [0.1, 0.15) is 19.8 Å². The number of likely N-dealkylation sites (N-methyl/N-ethyl adjacent to an activating group) is 1. The summed E-state index contributed by atoms with van der Waals surface area (Å²) in [5.41, 5.74) is 0. The van der Waals surface area contributed by atoms with E-state index in [-0.39, 0.29) is 32.0 Å². The van der Waals surface area contributed by atoms with E-state index >= 15 is 0 Å². The molecule has 0 saturated carbocycles. The van der Waals surface area contributed by atoms with Crippen molar-refractivity contribution in [3.63, 3.8) is 0 Å². The molecule has 0 amide bonds. The lowest BCUT2D eigenvalue weighted by Crippen LogP contribution is -2.37. The Hall–Kier alpha value is -4.89. The molecule has 0 bridgehead atoms. The second-order valence-corrected chi connectivity index (χ2v) is 28.4. The van der Waals surface area contributed by atoms with Crippen molar-refractivity contribution in [2.24, 2.45) is 0 Å². The molecule has 0 aliphatic carbocycles. The van der Waals surface area contributed by atoms with Crippen LogP contribution in [0.2, 0.25) is 0 Å². The number of nitrogens with zero attached hydrogens (tertiary/aromatic N) is 1. The van der Waals surface area contributed by atoms with Crippen molar-refractivity contribution in [3.05, 3.63) is 182 Å². The number of carbonyl (C=O) groups is 2. The molecular weight excluding hydrogens is 1230 g/mol. The van der Waals surface area contributed by atoms with E-state index in [1.807, 2.05) is 21.1 Å². The van der Waals surface area contributed by atoms with Crippen LogP contribution in [0, 0.1) is 0 Å². The molecule has 0 spiro atoms. The summed E-state index contributed by atoms with van der Waals surface area (Å²) in [6, 6.07) is 0. The molecule has 0 aliphatic rings. The van der Waals surface area contributed by atoms with E-state index in [4.69, 9.17) is 18.5 Å². The van der Waals surface area contributed by atoms with Crippen molar-refractivity contribution in [1.29, 1.82) is 0 Å². The van der Waals surface area contributed by atoms with Gasteiger partial charge >= 0.3 is 19.8 Å². The highest BCUT2D eigenvalue weighted by atomic mass is 31.2. The van der Waals surface area contributed by atoms with E-state index in [0.29, 0.717) is 17.4 Å². The zero-order chi connectivity index (χ0) is 71.1. The van der Waals surface area contributed by atoms with Crippen LogP contribution in [0.1, 0.15) is 309 Å². The average molecular weight is 1380 g/mol. The molecule has 0 fully saturated rings. The van der Waals surface area contributed by atoms with Gasteiger partial charge < -0.3 is 18.9 Å². The number of ether oxygens (including phenoxy) is 2. The van der Waals surface area contributed by atoms with Crippen LogP contribution in [0.15, 0.2) is 182 Å². The minimum Gasteiger partial charge on any atom is -0.462 e. The van der Waals surface area contributed by atoms with Crippen LogP contribution >= 0.6 is 7.82 Å². The Labute approximate surface area is 603 Å². The fraction of sp³-hybridized carbons (Fsp3) is 0.636. The summed E-state index contributed by atoms with van der Waals surface area (Å²) in [6.45, 7) is 4.21. The molecule has 2 unspecified atom stereocenters. The molecule has 0 rings (SSSR count). The van der Waals surface area contributed by atoms with Crippen LogP contribution in [0.5, 0.6) is 0 Å². The van der Waals surface area contributed by atoms with Crippen molar-refractivity contribution in [3.8, 4) is 0 Å². The molecule has 0 radical (unpaired) electrons. The average Bonchev–Trinajstić information content (AvgIpc) is 1.08. The second kappa shape index (κ2) is 76.3. The van der Waals surface area contributed by atoms with Gasteiger partial charge in [-0.1, -0.05) is 344 Å². The van der Waals surface area contributed by atoms with E-state index in [9.17, 15) is 19.0 Å². The normalized spacial score (nSPS) is 14.1. The van der Waals surface area contributed by atoms with Gasteiger partial charge in [-0.25, -0.2) is 4.57 Å². The van der Waals surface area contributed by atoms with E-state index in [1.165, 1.54) is 135 Å². The van der Waals surface area contributed by atoms with Crippen LogP contribution in [-0.4, -0.2) is 74.9 Å². The fourth-order valence-electron chi connectivity index (χ4n) is 10.5. The second-order valence-electron chi connectivity index (χ2n) is 27.0. The van der Waals surface area contributed by atoms with Gasteiger partial charge in [-0.15, -0.1) is 0 Å². The summed E-state index contributed by atoms with van der Waals surface area (Å²) in [5, 5.41) is 0. The summed E-state index contributed by atoms with van der Waals surface area (Å²) in [7, 11) is 1.46. The molecular formula is C88H147NO8P+. The van der Waals surface area contributed by atoms with Crippen LogP contribution in [-0.2, 0) is 32.7 Å². The Kier molecular flexibility index (Phi) is 72.5. The van der Waals surface area contributed by atoms with Crippen molar-refractivity contribution >= 4 is 19.8 Å². The topological polar surface area (TPSA) is 108 Å². The third-order valence-electron chi connectivity index (χ3n) is 16.4. The SMILES string of the molecule is CC/C=C\C/C=C\C/C=C\C/C=C\C/C=C\C/C=C\C/C=C\C/C=C\CCCCCCCCCCCCC(=O)OC(COC(=O)CCCCCCCCCCCCCCCCCCC/C=C\C/C=C\C/C=C\C/C=C\C/C=C\C/C=C\C/C=C\CC)COP(=O)(O)OCC[N+](C)(C)C. The number of quaternary nitrogens is 1. The number of unbranched alkanes of at least 4 members (excludes halogenated alkanes) is 27. The lowest BCUT2D eigenvalue weighted by molar-refractivity contribution is -0.870. The van der Waals surface area contributed by atoms with Gasteiger partial charge in [0.25, 0.3) is 0 Å². The summed E-state index contributed by atoms with van der Waals surface area (Å²) in [6.07, 6.45) is 117. The third-order valence-corrected chi connectivity index (χ3v) is 17.4. The zero-order valence-corrected chi connectivity index (χ0v) is 64.3. The minimum absolute atomic E-state index is 0.0238. The fourth-order valence-corrected chi connectivity index (χ4v) is 11.2. The molecule has 98 heavy (non-hydrogen) atoms. The van der Waals surface area contributed by atoms with E-state index in [1.54, 1.807) is 0 Å². The number of carbonyl (C=O) groups excluding carboxylic acids is 2. The first-order valence-corrected chi connectivity index (χ1v) is 41.0. The van der Waals surface area contributed by atoms with Gasteiger partial charge in [0.2, 0.25) is 0 Å². The predicted molar refractivity (Wildman–Crippen MR) is 426 cm³/mol. The van der Waals surface area contributed by atoms with Gasteiger partial charge in [-0.2, -0.15) is 0 Å². The molecule has 0 aromatic carbocycles. The van der Waals surface area contributed by atoms with Gasteiger partial charge in [0, 0.05) is 12.8 Å². The molecule has 1 N–H and O–H groups in total. The molecule has 2 atom stereocenters. The smallest absolute Gasteiger partial charge is 0.462 e. The van der Waals surface area contributed by atoms with Crippen molar-refractivity contribution in [1.82, 2.24) is 0 Å². The van der Waals surface area contributed by atoms with Crippen molar-refractivity contribution in [2.45, 2.75) is 315 Å².